The van der Waals surface area contributed by atoms with Gasteiger partial charge >= 0.3 is 0 Å². The van der Waals surface area contributed by atoms with Crippen molar-refractivity contribution in [3.05, 3.63) is 58.9 Å². The summed E-state index contributed by atoms with van der Waals surface area (Å²) in [7, 11) is 1.97. The molecule has 4 aromatic rings. The van der Waals surface area contributed by atoms with Gasteiger partial charge in [-0.3, -0.25) is 0 Å². The van der Waals surface area contributed by atoms with E-state index in [1.165, 1.54) is 0 Å². The molecule has 0 aliphatic rings. The van der Waals surface area contributed by atoms with Crippen molar-refractivity contribution >= 4 is 44.3 Å². The van der Waals surface area contributed by atoms with Crippen LogP contribution in [-0.4, -0.2) is 4.57 Å². The predicted octanol–water partition coefficient (Wildman–Crippen LogP) is 3.77. The van der Waals surface area contributed by atoms with Gasteiger partial charge in [-0.25, -0.2) is 0 Å². The SMILES string of the molecule is Cn1c2ccc(Cl)cc2c2c3ccccc3[n+]([O-])cc21. The molecule has 4 heteroatoms. The predicted molar refractivity (Wildman–Crippen MR) is 81.9 cm³/mol. The van der Waals surface area contributed by atoms with Crippen LogP contribution >= 0.6 is 11.6 Å². The Morgan fingerprint density at radius 1 is 1.05 bits per heavy atom. The highest BCUT2D eigenvalue weighted by molar-refractivity contribution is 6.32. The fourth-order valence-corrected chi connectivity index (χ4v) is 3.10. The molecule has 0 aliphatic heterocycles. The first-order valence-corrected chi connectivity index (χ1v) is 6.73. The Hall–Kier alpha value is -2.26. The topological polar surface area (TPSA) is 31.9 Å². The van der Waals surface area contributed by atoms with Crippen molar-refractivity contribution in [2.45, 2.75) is 0 Å². The molecule has 0 saturated carbocycles. The normalized spacial score (nSPS) is 11.7. The number of fused-ring (bicyclic) bond motifs is 5. The zero-order valence-electron chi connectivity index (χ0n) is 10.8. The van der Waals surface area contributed by atoms with Crippen molar-refractivity contribution in [2.24, 2.45) is 7.05 Å². The number of hydrogen-bond donors (Lipinski definition) is 0. The summed E-state index contributed by atoms with van der Waals surface area (Å²) in [5.74, 6) is 0. The van der Waals surface area contributed by atoms with E-state index in [9.17, 15) is 5.21 Å². The number of benzene rings is 2. The number of halogens is 1. The zero-order valence-corrected chi connectivity index (χ0v) is 11.6. The van der Waals surface area contributed by atoms with Crippen LogP contribution in [0.1, 0.15) is 0 Å². The van der Waals surface area contributed by atoms with Gasteiger partial charge in [0.1, 0.15) is 5.52 Å². The highest BCUT2D eigenvalue weighted by Gasteiger charge is 2.16. The van der Waals surface area contributed by atoms with E-state index in [2.05, 4.69) is 0 Å². The summed E-state index contributed by atoms with van der Waals surface area (Å²) in [6.45, 7) is 0. The lowest BCUT2D eigenvalue weighted by Gasteiger charge is -2.03. The number of hydrogen-bond acceptors (Lipinski definition) is 1. The minimum Gasteiger partial charge on any atom is -0.618 e. The van der Waals surface area contributed by atoms with Gasteiger partial charge in [0, 0.05) is 34.4 Å². The molecule has 2 aromatic carbocycles. The molecule has 0 radical (unpaired) electrons. The summed E-state index contributed by atoms with van der Waals surface area (Å²) in [6.07, 6.45) is 1.63. The largest absolute Gasteiger partial charge is 0.618 e. The van der Waals surface area contributed by atoms with Crippen molar-refractivity contribution in [2.75, 3.05) is 0 Å². The molecule has 0 atom stereocenters. The number of pyridine rings is 1. The Morgan fingerprint density at radius 3 is 2.70 bits per heavy atom. The van der Waals surface area contributed by atoms with E-state index in [4.69, 9.17) is 11.6 Å². The lowest BCUT2D eigenvalue weighted by Crippen LogP contribution is -2.26. The van der Waals surface area contributed by atoms with Crippen LogP contribution in [-0.2, 0) is 7.05 Å². The second-order valence-corrected chi connectivity index (χ2v) is 5.39. The van der Waals surface area contributed by atoms with Gasteiger partial charge in [-0.1, -0.05) is 23.7 Å². The minimum atomic E-state index is 0.674. The molecule has 0 bridgehead atoms. The molecule has 0 fully saturated rings. The highest BCUT2D eigenvalue weighted by atomic mass is 35.5. The van der Waals surface area contributed by atoms with Crippen LogP contribution in [0.4, 0.5) is 0 Å². The third-order valence-corrected chi connectivity index (χ3v) is 4.09. The molecule has 0 N–H and O–H groups in total. The van der Waals surface area contributed by atoms with Crippen molar-refractivity contribution in [3.8, 4) is 0 Å². The van der Waals surface area contributed by atoms with Gasteiger partial charge in [-0.05, 0) is 24.3 Å². The summed E-state index contributed by atoms with van der Waals surface area (Å²) in [6, 6.07) is 13.5. The number of nitrogens with zero attached hydrogens (tertiary/aromatic N) is 2. The van der Waals surface area contributed by atoms with Crippen molar-refractivity contribution in [1.82, 2.24) is 4.57 Å². The molecule has 0 unspecified atom stereocenters. The average molecular weight is 283 g/mol. The van der Waals surface area contributed by atoms with Crippen LogP contribution in [0.25, 0.3) is 32.7 Å². The summed E-state index contributed by atoms with van der Waals surface area (Å²) in [4.78, 5) is 0. The number of aromatic nitrogens is 2. The van der Waals surface area contributed by atoms with E-state index in [1.54, 1.807) is 6.20 Å². The maximum absolute atomic E-state index is 12.2. The standard InChI is InChI=1S/C16H11ClN2O/c1-18-13-7-6-10(17)8-12(13)16-11-4-2-3-5-14(11)19(20)9-15(16)18/h2-9H,1H3. The van der Waals surface area contributed by atoms with Gasteiger partial charge in [0.05, 0.1) is 5.39 Å². The second kappa shape index (κ2) is 3.87. The van der Waals surface area contributed by atoms with Crippen LogP contribution in [0.3, 0.4) is 0 Å². The quantitative estimate of drug-likeness (QED) is 0.357. The first kappa shape index (κ1) is 11.6. The molecule has 0 saturated heterocycles. The smallest absolute Gasteiger partial charge is 0.224 e. The molecule has 2 aromatic heterocycles. The summed E-state index contributed by atoms with van der Waals surface area (Å²) < 4.78 is 2.96. The lowest BCUT2D eigenvalue weighted by atomic mass is 10.1. The lowest BCUT2D eigenvalue weighted by molar-refractivity contribution is -0.575. The minimum absolute atomic E-state index is 0.674. The number of aryl methyl sites for hydroxylation is 1. The maximum atomic E-state index is 12.2. The molecule has 2 heterocycles. The molecule has 3 nitrogen and oxygen atoms in total. The highest BCUT2D eigenvalue weighted by Crippen LogP contribution is 2.33. The first-order chi connectivity index (χ1) is 9.66. The Labute approximate surface area is 120 Å². The van der Waals surface area contributed by atoms with Crippen molar-refractivity contribution in [3.63, 3.8) is 0 Å². The van der Waals surface area contributed by atoms with Crippen LogP contribution in [0, 0.1) is 5.21 Å². The average Bonchev–Trinajstić information content (AvgIpc) is 2.72. The molecule has 0 aliphatic carbocycles. The first-order valence-electron chi connectivity index (χ1n) is 6.35. The Bertz CT molecular complexity index is 988. The van der Waals surface area contributed by atoms with E-state index in [-0.39, 0.29) is 0 Å². The van der Waals surface area contributed by atoms with Crippen LogP contribution in [0.15, 0.2) is 48.7 Å². The van der Waals surface area contributed by atoms with Gasteiger partial charge in [-0.2, -0.15) is 4.73 Å². The number of para-hydroxylation sites is 1. The van der Waals surface area contributed by atoms with Gasteiger partial charge in [0.25, 0.3) is 0 Å². The molecular weight excluding hydrogens is 272 g/mol. The van der Waals surface area contributed by atoms with E-state index in [1.807, 2.05) is 54.1 Å². The Morgan fingerprint density at radius 2 is 1.85 bits per heavy atom. The summed E-state index contributed by atoms with van der Waals surface area (Å²) in [5.41, 5.74) is 2.66. The molecule has 98 valence electrons. The van der Waals surface area contributed by atoms with Crippen LogP contribution in [0.2, 0.25) is 5.02 Å². The van der Waals surface area contributed by atoms with Crippen LogP contribution < -0.4 is 4.73 Å². The van der Waals surface area contributed by atoms with E-state index in [0.717, 1.165) is 31.9 Å². The van der Waals surface area contributed by atoms with Crippen LogP contribution in [0.5, 0.6) is 0 Å². The van der Waals surface area contributed by atoms with Crippen molar-refractivity contribution < 1.29 is 4.73 Å². The Kier molecular flexibility index (Phi) is 2.24. The third kappa shape index (κ3) is 1.38. The second-order valence-electron chi connectivity index (χ2n) is 4.95. The fraction of sp³-hybridized carbons (Fsp3) is 0.0625. The van der Waals surface area contributed by atoms with E-state index in [0.29, 0.717) is 10.5 Å². The Balaban J connectivity index is 2.40. The summed E-state index contributed by atoms with van der Waals surface area (Å²) >= 11 is 6.13. The molecule has 4 rings (SSSR count). The molecular formula is C16H11ClN2O. The monoisotopic (exact) mass is 282 g/mol. The molecule has 20 heavy (non-hydrogen) atoms. The van der Waals surface area contributed by atoms with Crippen molar-refractivity contribution in [1.29, 1.82) is 0 Å². The molecule has 0 amide bonds. The van der Waals surface area contributed by atoms with Gasteiger partial charge in [0.2, 0.25) is 11.7 Å². The van der Waals surface area contributed by atoms with Gasteiger partial charge in [0.15, 0.2) is 0 Å². The molecule has 0 spiro atoms. The summed E-state index contributed by atoms with van der Waals surface area (Å²) in [5, 5.41) is 16.0. The maximum Gasteiger partial charge on any atom is 0.224 e. The van der Waals surface area contributed by atoms with E-state index < -0.39 is 0 Å². The number of rotatable bonds is 0. The van der Waals surface area contributed by atoms with Gasteiger partial charge in [-0.15, -0.1) is 0 Å². The zero-order chi connectivity index (χ0) is 13.9. The third-order valence-electron chi connectivity index (χ3n) is 3.86. The fourth-order valence-electron chi connectivity index (χ4n) is 2.93. The van der Waals surface area contributed by atoms with Gasteiger partial charge < -0.3 is 9.77 Å². The van der Waals surface area contributed by atoms with E-state index >= 15 is 0 Å².